The smallest absolute Gasteiger partial charge is 0.310 e. The molecule has 8 heteroatoms. The number of rotatable bonds is 8. The third-order valence-corrected chi connectivity index (χ3v) is 5.32. The van der Waals surface area contributed by atoms with Crippen LogP contribution in [0.2, 0.25) is 5.02 Å². The topological polar surface area (TPSA) is 57.7 Å². The summed E-state index contributed by atoms with van der Waals surface area (Å²) < 4.78 is 29.9. The lowest BCUT2D eigenvalue weighted by molar-refractivity contribution is -0.144. The zero-order chi connectivity index (χ0) is 20.8. The molecule has 1 aromatic heterocycles. The van der Waals surface area contributed by atoms with E-state index < -0.39 is 11.8 Å². The number of carbonyl (C=O) groups is 1. The molecule has 3 rings (SSSR count). The first kappa shape index (κ1) is 21.1. The minimum atomic E-state index is -0.575. The van der Waals surface area contributed by atoms with E-state index in [1.54, 1.807) is 7.11 Å². The van der Waals surface area contributed by atoms with Crippen molar-refractivity contribution in [3.8, 4) is 22.1 Å². The maximum absolute atomic E-state index is 13.8. The number of hydrogen-bond donors (Lipinski definition) is 0. The van der Waals surface area contributed by atoms with Gasteiger partial charge in [-0.05, 0) is 37.3 Å². The van der Waals surface area contributed by atoms with Gasteiger partial charge in [-0.1, -0.05) is 17.7 Å². The highest BCUT2D eigenvalue weighted by molar-refractivity contribution is 7.13. The summed E-state index contributed by atoms with van der Waals surface area (Å²) in [6.07, 6.45) is -0.238. The summed E-state index contributed by atoms with van der Waals surface area (Å²) in [5, 5.41) is 2.76. The molecule has 0 aliphatic carbocycles. The van der Waals surface area contributed by atoms with Crippen LogP contribution in [0.3, 0.4) is 0 Å². The van der Waals surface area contributed by atoms with Crippen molar-refractivity contribution in [2.75, 3.05) is 13.7 Å². The molecule has 0 unspecified atom stereocenters. The quantitative estimate of drug-likeness (QED) is 0.449. The van der Waals surface area contributed by atoms with Gasteiger partial charge in [0.25, 0.3) is 0 Å². The first-order chi connectivity index (χ1) is 14.0. The Morgan fingerprint density at radius 3 is 2.79 bits per heavy atom. The van der Waals surface area contributed by atoms with Gasteiger partial charge in [-0.3, -0.25) is 4.79 Å². The maximum Gasteiger partial charge on any atom is 0.310 e. The minimum Gasteiger partial charge on any atom is -0.493 e. The summed E-state index contributed by atoms with van der Waals surface area (Å²) in [5.41, 5.74) is 1.59. The Kier molecular flexibility index (Phi) is 7.06. The van der Waals surface area contributed by atoms with Gasteiger partial charge < -0.3 is 14.2 Å². The SMILES string of the molecule is CCOc1ccc(-c2nc(COC(=O)Cc3c(F)cccc3Cl)cs2)cc1OC. The van der Waals surface area contributed by atoms with Crippen LogP contribution in [0, 0.1) is 5.82 Å². The minimum absolute atomic E-state index is 0.00440. The molecule has 0 fully saturated rings. The summed E-state index contributed by atoms with van der Waals surface area (Å²) >= 11 is 7.36. The molecule has 0 aliphatic heterocycles. The number of ether oxygens (including phenoxy) is 3. The Morgan fingerprint density at radius 2 is 2.07 bits per heavy atom. The van der Waals surface area contributed by atoms with Crippen LogP contribution < -0.4 is 9.47 Å². The molecule has 3 aromatic rings. The van der Waals surface area contributed by atoms with Gasteiger partial charge in [-0.2, -0.15) is 0 Å². The number of hydrogen-bond acceptors (Lipinski definition) is 6. The lowest BCUT2D eigenvalue weighted by Gasteiger charge is -2.10. The zero-order valence-corrected chi connectivity index (χ0v) is 17.5. The Labute approximate surface area is 177 Å². The zero-order valence-electron chi connectivity index (χ0n) is 15.9. The van der Waals surface area contributed by atoms with Gasteiger partial charge in [0.2, 0.25) is 0 Å². The lowest BCUT2D eigenvalue weighted by atomic mass is 10.1. The van der Waals surface area contributed by atoms with Gasteiger partial charge in [0, 0.05) is 21.5 Å². The molecule has 0 atom stereocenters. The van der Waals surface area contributed by atoms with E-state index in [4.69, 9.17) is 25.8 Å². The Hall–Kier alpha value is -2.64. The molecule has 0 saturated carbocycles. The second-order valence-corrected chi connectivity index (χ2v) is 7.25. The average molecular weight is 436 g/mol. The number of carbonyl (C=O) groups excluding carboxylic acids is 1. The van der Waals surface area contributed by atoms with Crippen LogP contribution in [0.1, 0.15) is 18.2 Å². The van der Waals surface area contributed by atoms with Crippen molar-refractivity contribution in [3.05, 3.63) is 63.9 Å². The summed E-state index contributed by atoms with van der Waals surface area (Å²) in [4.78, 5) is 16.5. The monoisotopic (exact) mass is 435 g/mol. The fourth-order valence-corrected chi connectivity index (χ4v) is 3.66. The predicted molar refractivity (Wildman–Crippen MR) is 110 cm³/mol. The van der Waals surface area contributed by atoms with Gasteiger partial charge in [0.1, 0.15) is 17.4 Å². The second kappa shape index (κ2) is 9.71. The normalized spacial score (nSPS) is 10.6. The van der Waals surface area contributed by atoms with Crippen LogP contribution in [0.15, 0.2) is 41.8 Å². The summed E-state index contributed by atoms with van der Waals surface area (Å²) in [6.45, 7) is 2.44. The van der Waals surface area contributed by atoms with Crippen LogP contribution in [0.5, 0.6) is 11.5 Å². The van der Waals surface area contributed by atoms with Crippen LogP contribution in [0.4, 0.5) is 4.39 Å². The summed E-state index contributed by atoms with van der Waals surface area (Å²) in [6, 6.07) is 9.84. The third-order valence-electron chi connectivity index (χ3n) is 4.03. The van der Waals surface area contributed by atoms with Crippen molar-refractivity contribution in [1.82, 2.24) is 4.98 Å². The number of methoxy groups -OCH3 is 1. The fraction of sp³-hybridized carbons (Fsp3) is 0.238. The molecule has 0 N–H and O–H groups in total. The van der Waals surface area contributed by atoms with E-state index >= 15 is 0 Å². The number of esters is 1. The number of benzene rings is 2. The van der Waals surface area contributed by atoms with Crippen molar-refractivity contribution in [2.45, 2.75) is 20.0 Å². The van der Waals surface area contributed by atoms with Crippen LogP contribution in [-0.4, -0.2) is 24.7 Å². The molecule has 0 amide bonds. The van der Waals surface area contributed by atoms with E-state index in [1.165, 1.54) is 29.5 Å². The molecule has 5 nitrogen and oxygen atoms in total. The molecule has 0 saturated heterocycles. The van der Waals surface area contributed by atoms with Gasteiger partial charge in [0.15, 0.2) is 11.5 Å². The molecule has 0 aliphatic rings. The molecule has 152 valence electrons. The molecule has 29 heavy (non-hydrogen) atoms. The van der Waals surface area contributed by atoms with Gasteiger partial charge in [-0.25, -0.2) is 9.37 Å². The average Bonchev–Trinajstić information content (AvgIpc) is 3.19. The molecular formula is C21H19ClFNO4S. The first-order valence-corrected chi connectivity index (χ1v) is 10.1. The van der Waals surface area contributed by atoms with E-state index in [1.807, 2.05) is 30.5 Å². The molecule has 1 heterocycles. The van der Waals surface area contributed by atoms with Crippen molar-refractivity contribution < 1.29 is 23.4 Å². The highest BCUT2D eigenvalue weighted by atomic mass is 35.5. The highest BCUT2D eigenvalue weighted by Gasteiger charge is 2.14. The number of halogens is 2. The number of aromatic nitrogens is 1. The highest BCUT2D eigenvalue weighted by Crippen LogP contribution is 2.34. The number of thiazole rings is 1. The maximum atomic E-state index is 13.8. The van der Waals surface area contributed by atoms with Crippen molar-refractivity contribution in [2.24, 2.45) is 0 Å². The van der Waals surface area contributed by atoms with Crippen molar-refractivity contribution in [1.29, 1.82) is 0 Å². The van der Waals surface area contributed by atoms with E-state index in [2.05, 4.69) is 4.98 Å². The largest absolute Gasteiger partial charge is 0.493 e. The lowest BCUT2D eigenvalue weighted by Crippen LogP contribution is -2.09. The Morgan fingerprint density at radius 1 is 1.24 bits per heavy atom. The van der Waals surface area contributed by atoms with Crippen LogP contribution in [0.25, 0.3) is 10.6 Å². The predicted octanol–water partition coefficient (Wildman–Crippen LogP) is 5.30. The standard InChI is InChI=1S/C21H19ClFNO4S/c1-3-27-18-8-7-13(9-19(18)26-2)21-24-14(12-29-21)11-28-20(25)10-15-16(22)5-4-6-17(15)23/h4-9,12H,3,10-11H2,1-2H3. The fourth-order valence-electron chi connectivity index (χ4n) is 2.63. The second-order valence-electron chi connectivity index (χ2n) is 5.98. The van der Waals surface area contributed by atoms with Crippen molar-refractivity contribution >= 4 is 28.9 Å². The molecule has 2 aromatic carbocycles. The summed E-state index contributed by atoms with van der Waals surface area (Å²) in [5.74, 6) is 0.176. The molecular weight excluding hydrogens is 417 g/mol. The van der Waals surface area contributed by atoms with Gasteiger partial charge in [0.05, 0.1) is 25.8 Å². The van der Waals surface area contributed by atoms with Crippen molar-refractivity contribution in [3.63, 3.8) is 0 Å². The molecule has 0 bridgehead atoms. The molecule has 0 spiro atoms. The van der Waals surface area contributed by atoms with E-state index in [0.717, 1.165) is 10.6 Å². The van der Waals surface area contributed by atoms with E-state index in [0.29, 0.717) is 23.8 Å². The Bertz CT molecular complexity index is 988. The molecule has 0 radical (unpaired) electrons. The third kappa shape index (κ3) is 5.25. The Balaban J connectivity index is 1.64. The van der Waals surface area contributed by atoms with E-state index in [-0.39, 0.29) is 23.6 Å². The number of nitrogens with zero attached hydrogens (tertiary/aromatic N) is 1. The van der Waals surface area contributed by atoms with E-state index in [9.17, 15) is 9.18 Å². The first-order valence-electron chi connectivity index (χ1n) is 8.86. The van der Waals surface area contributed by atoms with Crippen LogP contribution >= 0.6 is 22.9 Å². The van der Waals surface area contributed by atoms with Crippen LogP contribution in [-0.2, 0) is 22.6 Å². The van der Waals surface area contributed by atoms with Gasteiger partial charge in [-0.15, -0.1) is 11.3 Å². The van der Waals surface area contributed by atoms with Gasteiger partial charge >= 0.3 is 5.97 Å². The summed E-state index contributed by atoms with van der Waals surface area (Å²) in [7, 11) is 1.58.